The molecule has 0 spiro atoms. The van der Waals surface area contributed by atoms with E-state index < -0.39 is 10.0 Å². The van der Waals surface area contributed by atoms with E-state index in [0.29, 0.717) is 17.5 Å². The summed E-state index contributed by atoms with van der Waals surface area (Å²) in [6, 6.07) is 4.46. The zero-order valence-corrected chi connectivity index (χ0v) is 12.2. The molecule has 7 heteroatoms. The Morgan fingerprint density at radius 1 is 1.35 bits per heavy atom. The molecular formula is C13H21N3O3S. The molecular weight excluding hydrogens is 278 g/mol. The van der Waals surface area contributed by atoms with E-state index in [9.17, 15) is 8.42 Å². The van der Waals surface area contributed by atoms with Crippen molar-refractivity contribution >= 4 is 21.4 Å². The quantitative estimate of drug-likeness (QED) is 0.710. The maximum atomic E-state index is 11.2. The van der Waals surface area contributed by atoms with E-state index in [1.807, 2.05) is 0 Å². The number of nitrogens with one attached hydrogen (secondary N) is 1. The minimum Gasteiger partial charge on any atom is -0.397 e. The van der Waals surface area contributed by atoms with E-state index in [1.54, 1.807) is 6.07 Å². The molecule has 1 unspecified atom stereocenters. The second kappa shape index (κ2) is 6.43. The van der Waals surface area contributed by atoms with E-state index in [-0.39, 0.29) is 4.90 Å². The van der Waals surface area contributed by atoms with E-state index in [2.05, 4.69) is 5.32 Å². The zero-order chi connectivity index (χ0) is 14.6. The average molecular weight is 299 g/mol. The SMILES string of the molecule is Nc1cc(S(N)(=O)=O)ccc1NCCC1CCCCO1. The van der Waals surface area contributed by atoms with Crippen LogP contribution in [0.2, 0.25) is 0 Å². The minimum atomic E-state index is -3.71. The van der Waals surface area contributed by atoms with Gasteiger partial charge >= 0.3 is 0 Å². The third kappa shape index (κ3) is 4.09. The van der Waals surface area contributed by atoms with Crippen LogP contribution >= 0.6 is 0 Å². The van der Waals surface area contributed by atoms with E-state index in [0.717, 1.165) is 32.4 Å². The number of rotatable bonds is 5. The Morgan fingerprint density at radius 2 is 2.15 bits per heavy atom. The van der Waals surface area contributed by atoms with Crippen LogP contribution in [0.3, 0.4) is 0 Å². The molecule has 0 radical (unpaired) electrons. The lowest BCUT2D eigenvalue weighted by Crippen LogP contribution is -2.22. The third-order valence-corrected chi connectivity index (χ3v) is 4.32. The molecule has 5 N–H and O–H groups in total. The highest BCUT2D eigenvalue weighted by Gasteiger charge is 2.14. The number of anilines is 2. The maximum absolute atomic E-state index is 11.2. The predicted molar refractivity (Wildman–Crippen MR) is 78.9 cm³/mol. The van der Waals surface area contributed by atoms with Crippen LogP contribution in [0.25, 0.3) is 0 Å². The summed E-state index contributed by atoms with van der Waals surface area (Å²) in [6.45, 7) is 1.58. The van der Waals surface area contributed by atoms with Crippen molar-refractivity contribution in [1.29, 1.82) is 0 Å². The second-order valence-electron chi connectivity index (χ2n) is 5.00. The van der Waals surface area contributed by atoms with Gasteiger partial charge in [0.1, 0.15) is 0 Å². The van der Waals surface area contributed by atoms with E-state index in [1.165, 1.54) is 18.6 Å². The van der Waals surface area contributed by atoms with Crippen molar-refractivity contribution in [3.05, 3.63) is 18.2 Å². The Morgan fingerprint density at radius 3 is 2.75 bits per heavy atom. The number of hydrogen-bond donors (Lipinski definition) is 3. The number of nitrogen functional groups attached to an aromatic ring is 1. The summed E-state index contributed by atoms with van der Waals surface area (Å²) >= 11 is 0. The molecule has 0 bridgehead atoms. The molecule has 20 heavy (non-hydrogen) atoms. The van der Waals surface area contributed by atoms with Crippen molar-refractivity contribution < 1.29 is 13.2 Å². The Bertz CT molecular complexity index is 554. The maximum Gasteiger partial charge on any atom is 0.238 e. The molecule has 1 aliphatic rings. The van der Waals surface area contributed by atoms with Gasteiger partial charge in [0, 0.05) is 13.2 Å². The van der Waals surface area contributed by atoms with Crippen LogP contribution < -0.4 is 16.2 Å². The first-order valence-electron chi connectivity index (χ1n) is 6.74. The fourth-order valence-electron chi connectivity index (χ4n) is 2.28. The standard InChI is InChI=1S/C13H21N3O3S/c14-12-9-11(20(15,17)18)4-5-13(12)16-7-6-10-3-1-2-8-19-10/h4-5,9-10,16H,1-3,6-8,14H2,(H2,15,17,18). The topological polar surface area (TPSA) is 107 Å². The lowest BCUT2D eigenvalue weighted by atomic mass is 10.1. The molecule has 6 nitrogen and oxygen atoms in total. The zero-order valence-electron chi connectivity index (χ0n) is 11.3. The number of sulfonamides is 1. The lowest BCUT2D eigenvalue weighted by Gasteiger charge is -2.22. The van der Waals surface area contributed by atoms with Crippen molar-refractivity contribution in [3.63, 3.8) is 0 Å². The average Bonchev–Trinajstić information content (AvgIpc) is 2.40. The van der Waals surface area contributed by atoms with Crippen molar-refractivity contribution in [1.82, 2.24) is 0 Å². The molecule has 0 aromatic heterocycles. The molecule has 0 saturated carbocycles. The minimum absolute atomic E-state index is 0.0242. The van der Waals surface area contributed by atoms with E-state index in [4.69, 9.17) is 15.6 Å². The van der Waals surface area contributed by atoms with Gasteiger partial charge in [-0.15, -0.1) is 0 Å². The number of ether oxygens (including phenoxy) is 1. The van der Waals surface area contributed by atoms with Gasteiger partial charge in [0.05, 0.1) is 22.4 Å². The van der Waals surface area contributed by atoms with Crippen molar-refractivity contribution in [2.75, 3.05) is 24.2 Å². The van der Waals surface area contributed by atoms with Crippen LogP contribution in [0.4, 0.5) is 11.4 Å². The molecule has 1 atom stereocenters. The van der Waals surface area contributed by atoms with Gasteiger partial charge in [-0.05, 0) is 43.9 Å². The van der Waals surface area contributed by atoms with E-state index >= 15 is 0 Å². The van der Waals surface area contributed by atoms with Gasteiger partial charge in [-0.1, -0.05) is 0 Å². The number of primary sulfonamides is 1. The number of nitrogens with two attached hydrogens (primary N) is 2. The van der Waals surface area contributed by atoms with Gasteiger partial charge in [-0.2, -0.15) is 0 Å². The molecule has 1 aromatic rings. The number of hydrogen-bond acceptors (Lipinski definition) is 5. The van der Waals surface area contributed by atoms with Crippen LogP contribution in [0, 0.1) is 0 Å². The molecule has 1 fully saturated rings. The summed E-state index contributed by atoms with van der Waals surface area (Å²) in [6.07, 6.45) is 4.68. The van der Waals surface area contributed by atoms with Crippen LogP contribution in [0.5, 0.6) is 0 Å². The normalized spacial score (nSPS) is 19.8. The number of benzene rings is 1. The molecule has 1 saturated heterocycles. The highest BCUT2D eigenvalue weighted by Crippen LogP contribution is 2.22. The molecule has 1 aliphatic heterocycles. The van der Waals surface area contributed by atoms with Gasteiger partial charge in [-0.3, -0.25) is 0 Å². The smallest absolute Gasteiger partial charge is 0.238 e. The summed E-state index contributed by atoms with van der Waals surface area (Å²) in [4.78, 5) is 0.0242. The Kier molecular flexibility index (Phi) is 4.85. The Labute approximate surface area is 119 Å². The monoisotopic (exact) mass is 299 g/mol. The summed E-state index contributed by atoms with van der Waals surface area (Å²) in [7, 11) is -3.71. The lowest BCUT2D eigenvalue weighted by molar-refractivity contribution is 0.0134. The summed E-state index contributed by atoms with van der Waals surface area (Å²) in [5.74, 6) is 0. The fraction of sp³-hybridized carbons (Fsp3) is 0.538. The van der Waals surface area contributed by atoms with Crippen molar-refractivity contribution in [2.45, 2.75) is 36.7 Å². The van der Waals surface area contributed by atoms with Crippen LogP contribution in [-0.2, 0) is 14.8 Å². The third-order valence-electron chi connectivity index (χ3n) is 3.41. The molecule has 0 amide bonds. The summed E-state index contributed by atoms with van der Waals surface area (Å²) in [5, 5.41) is 8.25. The van der Waals surface area contributed by atoms with Gasteiger partial charge in [0.15, 0.2) is 0 Å². The highest BCUT2D eigenvalue weighted by atomic mass is 32.2. The largest absolute Gasteiger partial charge is 0.397 e. The fourth-order valence-corrected chi connectivity index (χ4v) is 2.83. The van der Waals surface area contributed by atoms with Crippen LogP contribution in [-0.4, -0.2) is 27.7 Å². The van der Waals surface area contributed by atoms with Gasteiger partial charge < -0.3 is 15.8 Å². The molecule has 2 rings (SSSR count). The van der Waals surface area contributed by atoms with Crippen LogP contribution in [0.15, 0.2) is 23.1 Å². The summed E-state index contributed by atoms with van der Waals surface area (Å²) in [5.41, 5.74) is 6.92. The van der Waals surface area contributed by atoms with Crippen molar-refractivity contribution in [2.24, 2.45) is 5.14 Å². The van der Waals surface area contributed by atoms with Gasteiger partial charge in [0.25, 0.3) is 0 Å². The predicted octanol–water partition coefficient (Wildman–Crippen LogP) is 1.29. The highest BCUT2D eigenvalue weighted by molar-refractivity contribution is 7.89. The van der Waals surface area contributed by atoms with Crippen LogP contribution in [0.1, 0.15) is 25.7 Å². The first-order chi connectivity index (χ1) is 9.47. The Balaban J connectivity index is 1.90. The second-order valence-corrected chi connectivity index (χ2v) is 6.56. The molecule has 0 aliphatic carbocycles. The summed E-state index contributed by atoms with van der Waals surface area (Å²) < 4.78 is 28.0. The molecule has 1 heterocycles. The van der Waals surface area contributed by atoms with Gasteiger partial charge in [0.2, 0.25) is 10.0 Å². The first kappa shape index (κ1) is 15.1. The van der Waals surface area contributed by atoms with Gasteiger partial charge in [-0.25, -0.2) is 13.6 Å². The molecule has 112 valence electrons. The van der Waals surface area contributed by atoms with Crippen molar-refractivity contribution in [3.8, 4) is 0 Å². The molecule has 1 aromatic carbocycles. The first-order valence-corrected chi connectivity index (χ1v) is 8.29. The Hall–Kier alpha value is -1.31.